The lowest BCUT2D eigenvalue weighted by atomic mass is 9.90. The van der Waals surface area contributed by atoms with Gasteiger partial charge in [0, 0.05) is 130 Å². The minimum Gasteiger partial charge on any atom is -0.356 e. The lowest BCUT2D eigenvalue weighted by Crippen LogP contribution is -2.43. The normalized spacial score (nSPS) is 13.2. The standard InChI is InChI=1S/C35H68N4O4.C30H60N4O3.C20H40N2O2.C14H30N2O/c1-26(2)17-9-11-21-33(41)37-24-16-14-20-31(39-34(42)22-12-10-18-27(3)4)32(40)25-30(35(43)38-29(7)8)19-13-15-23-36-28(5)6;1-22(2)15-9-10-18-29(36)32-20-14-12-17-27(33-24(5)6)28(35)21-26(30(37)34-25(7)8)16-11-13-19-31-23(3)4;1-15(2)11-7-8-13-19(23)21-14-10-9-12-18(22-17(5)6)20(24)16(3)4;1-10(2)14(17)13(16-12(5)6)8-7-9-15-11(3)4/h26-31,36H,9-25H2,1-8H3,(H,37,41)(H,38,43)(H,39,42);22-27,31,33H,9-21H2,1-8H3,(H,32,36)(H,34,37);15-18,22H,7-14H2,1-6H3,(H,21,23);10-13,15-16H,7-9H2,1-6H3. The van der Waals surface area contributed by atoms with Gasteiger partial charge in [-0.1, -0.05) is 230 Å². The lowest BCUT2D eigenvalue weighted by Gasteiger charge is -2.24. The number of rotatable bonds is 73. The Labute approximate surface area is 744 Å². The minimum absolute atomic E-state index is 0.000496. The maximum Gasteiger partial charge on any atom is 0.223 e. The second kappa shape index (κ2) is 78.7. The predicted octanol–water partition coefficient (Wildman–Crippen LogP) is 18.0. The van der Waals surface area contributed by atoms with Crippen molar-refractivity contribution >= 4 is 58.6 Å². The summed E-state index contributed by atoms with van der Waals surface area (Å²) in [6.45, 7) is 63.1. The van der Waals surface area contributed by atoms with Crippen LogP contribution in [0.15, 0.2) is 0 Å². The molecule has 0 aliphatic rings. The van der Waals surface area contributed by atoms with E-state index in [9.17, 15) is 47.9 Å². The maximum absolute atomic E-state index is 13.6. The quantitative estimate of drug-likeness (QED) is 0.0252. The summed E-state index contributed by atoms with van der Waals surface area (Å²) in [5.41, 5.74) is 0. The molecule has 6 atom stereocenters. The number of unbranched alkanes of at least 4 members (excludes halogenated alkanes) is 9. The van der Waals surface area contributed by atoms with E-state index in [0.717, 1.165) is 174 Å². The van der Waals surface area contributed by atoms with E-state index in [2.05, 4.69) is 188 Å². The maximum atomic E-state index is 13.6. The van der Waals surface area contributed by atoms with Crippen molar-refractivity contribution in [3.8, 4) is 0 Å². The SMILES string of the molecule is CC(C)CCCCC(=O)NCCCCC(NC(=O)CCCCC(C)C)C(=O)CC(CCCCNC(C)C)C(=O)NC(C)C.CC(C)CCCCC(=O)NCCCCC(NC(C)C)C(=O)C(C)C.CC(C)CCCCC(=O)NCCCCC(NC(C)C)C(=O)CC(CCCCNC(C)C)C(=O)NC(C)C.CC(C)NCCCC(NC(C)C)C(=O)C(C)C. The average Bonchev–Trinajstić information content (AvgIpc) is 0.888. The van der Waals surface area contributed by atoms with Crippen molar-refractivity contribution in [3.05, 3.63) is 0 Å². The molecule has 6 unspecified atom stereocenters. The van der Waals surface area contributed by atoms with Crippen molar-refractivity contribution < 1.29 is 47.9 Å². The number of carbonyl (C=O) groups is 10. The van der Waals surface area contributed by atoms with E-state index in [1.807, 2.05) is 69.2 Å². The van der Waals surface area contributed by atoms with Crippen molar-refractivity contribution in [2.45, 2.75) is 491 Å². The Morgan fingerprint density at radius 3 is 0.752 bits per heavy atom. The van der Waals surface area contributed by atoms with Gasteiger partial charge in [0.25, 0.3) is 0 Å². The van der Waals surface area contributed by atoms with Gasteiger partial charge in [0.1, 0.15) is 0 Å². The van der Waals surface area contributed by atoms with Crippen molar-refractivity contribution in [3.63, 3.8) is 0 Å². The largest absolute Gasteiger partial charge is 0.356 e. The van der Waals surface area contributed by atoms with Gasteiger partial charge < -0.3 is 63.8 Å². The van der Waals surface area contributed by atoms with Crippen LogP contribution in [0, 0.1) is 47.3 Å². The summed E-state index contributed by atoms with van der Waals surface area (Å²) in [5.74, 6) is 2.97. The fourth-order valence-electron chi connectivity index (χ4n) is 14.0. The molecule has 12 N–H and O–H groups in total. The van der Waals surface area contributed by atoms with E-state index in [0.29, 0.717) is 124 Å². The van der Waals surface area contributed by atoms with Crippen LogP contribution in [0.2, 0.25) is 0 Å². The number of carbonyl (C=O) groups excluding carboxylic acids is 10. The second-order valence-electron chi connectivity index (χ2n) is 39.5. The molecule has 0 aliphatic carbocycles. The van der Waals surface area contributed by atoms with Crippen LogP contribution in [0.3, 0.4) is 0 Å². The molecular formula is C99H198N12O10. The first-order chi connectivity index (χ1) is 56.8. The third-order valence-electron chi connectivity index (χ3n) is 20.8. The van der Waals surface area contributed by atoms with Crippen LogP contribution in [0.25, 0.3) is 0 Å². The van der Waals surface area contributed by atoms with Gasteiger partial charge in [-0.3, -0.25) is 47.9 Å². The highest BCUT2D eigenvalue weighted by Gasteiger charge is 2.30. The molecule has 22 nitrogen and oxygen atoms in total. The van der Waals surface area contributed by atoms with Crippen molar-refractivity contribution in [2.75, 3.05) is 39.3 Å². The molecule has 0 fully saturated rings. The van der Waals surface area contributed by atoms with Crippen LogP contribution in [-0.2, 0) is 47.9 Å². The summed E-state index contributed by atoms with van der Waals surface area (Å²) in [6, 6.07) is 1.39. The fraction of sp³-hybridized carbons (Fsp3) is 0.899. The molecule has 0 saturated heterocycles. The molecule has 0 spiro atoms. The monoisotopic (exact) mass is 1720 g/mol. The third kappa shape index (κ3) is 82.0. The Bertz CT molecular complexity index is 2610. The van der Waals surface area contributed by atoms with E-state index in [1.54, 1.807) is 0 Å². The number of nitrogens with one attached hydrogen (secondary N) is 12. The van der Waals surface area contributed by atoms with Crippen molar-refractivity contribution in [1.29, 1.82) is 0 Å². The first-order valence-electron chi connectivity index (χ1n) is 49.1. The highest BCUT2D eigenvalue weighted by Crippen LogP contribution is 2.21. The van der Waals surface area contributed by atoms with Gasteiger partial charge in [-0.15, -0.1) is 0 Å². The Kier molecular flexibility index (Phi) is 79.7. The summed E-state index contributed by atoms with van der Waals surface area (Å²) in [5, 5.41) is 38.4. The van der Waals surface area contributed by atoms with Gasteiger partial charge >= 0.3 is 0 Å². The molecule has 0 aliphatic heterocycles. The summed E-state index contributed by atoms with van der Waals surface area (Å²) in [6.07, 6.45) is 29.2. The summed E-state index contributed by atoms with van der Waals surface area (Å²) >= 11 is 0. The van der Waals surface area contributed by atoms with E-state index >= 15 is 0 Å². The molecular weight excluding hydrogens is 1520 g/mol. The zero-order valence-electron chi connectivity index (χ0n) is 83.6. The van der Waals surface area contributed by atoms with E-state index in [4.69, 9.17) is 0 Å². The second-order valence-corrected chi connectivity index (χ2v) is 39.5. The van der Waals surface area contributed by atoms with Gasteiger partial charge in [-0.25, -0.2) is 0 Å². The first-order valence-corrected chi connectivity index (χ1v) is 49.1. The molecule has 0 aromatic heterocycles. The zero-order valence-corrected chi connectivity index (χ0v) is 83.6. The van der Waals surface area contributed by atoms with Crippen LogP contribution >= 0.6 is 0 Å². The lowest BCUT2D eigenvalue weighted by molar-refractivity contribution is -0.132. The number of hydrogen-bond acceptors (Lipinski definition) is 16. The van der Waals surface area contributed by atoms with Gasteiger partial charge in [0.05, 0.1) is 24.2 Å². The predicted molar refractivity (Wildman–Crippen MR) is 511 cm³/mol. The summed E-state index contributed by atoms with van der Waals surface area (Å²) < 4.78 is 0. The van der Waals surface area contributed by atoms with Crippen molar-refractivity contribution in [2.24, 2.45) is 47.3 Å². The Hall–Kier alpha value is -4.74. The Balaban J connectivity index is -0.000000794. The van der Waals surface area contributed by atoms with Crippen LogP contribution in [-0.4, -0.2) is 170 Å². The van der Waals surface area contributed by atoms with Crippen LogP contribution in [0.4, 0.5) is 0 Å². The number of ketones is 4. The van der Waals surface area contributed by atoms with Gasteiger partial charge in [-0.05, 0) is 193 Å². The molecule has 0 aromatic rings. The Morgan fingerprint density at radius 1 is 0.215 bits per heavy atom. The molecule has 0 aromatic carbocycles. The average molecular weight is 1720 g/mol. The molecule has 6 amide bonds. The molecule has 121 heavy (non-hydrogen) atoms. The minimum atomic E-state index is -0.610. The fourth-order valence-corrected chi connectivity index (χ4v) is 14.0. The number of Topliss-reactive ketones (excluding diaryl/α,β-unsaturated/α-hetero) is 4. The van der Waals surface area contributed by atoms with E-state index in [-0.39, 0.29) is 120 Å². The molecule has 0 bridgehead atoms. The summed E-state index contributed by atoms with van der Waals surface area (Å²) in [7, 11) is 0. The summed E-state index contributed by atoms with van der Waals surface area (Å²) in [4.78, 5) is 126. The highest BCUT2D eigenvalue weighted by molar-refractivity contribution is 5.93. The van der Waals surface area contributed by atoms with Gasteiger partial charge in [0.2, 0.25) is 35.4 Å². The smallest absolute Gasteiger partial charge is 0.223 e. The Morgan fingerprint density at radius 2 is 0.463 bits per heavy atom. The molecule has 0 radical (unpaired) electrons. The van der Waals surface area contributed by atoms with Crippen LogP contribution in [0.1, 0.15) is 419 Å². The van der Waals surface area contributed by atoms with E-state index in [1.165, 1.54) is 12.8 Å². The van der Waals surface area contributed by atoms with Crippen LogP contribution < -0.4 is 63.8 Å². The molecule has 0 heterocycles. The van der Waals surface area contributed by atoms with E-state index < -0.39 is 12.0 Å². The molecule has 714 valence electrons. The molecule has 0 saturated carbocycles. The molecule has 0 rings (SSSR count). The number of hydrogen-bond donors (Lipinski definition) is 12. The number of amides is 6. The van der Waals surface area contributed by atoms with Gasteiger partial charge in [-0.2, -0.15) is 0 Å². The van der Waals surface area contributed by atoms with Crippen molar-refractivity contribution in [1.82, 2.24) is 63.8 Å². The third-order valence-corrected chi connectivity index (χ3v) is 20.8. The van der Waals surface area contributed by atoms with Crippen LogP contribution in [0.5, 0.6) is 0 Å². The highest BCUT2D eigenvalue weighted by atomic mass is 16.2. The first kappa shape index (κ1) is 123. The molecule has 22 heteroatoms. The van der Waals surface area contributed by atoms with Gasteiger partial charge in [0.15, 0.2) is 23.1 Å². The zero-order chi connectivity index (χ0) is 92.8. The topological polar surface area (TPSA) is 315 Å².